The number of carbonyl (C=O) groups excluding carboxylic acids is 3. The van der Waals surface area contributed by atoms with Crippen molar-refractivity contribution in [2.24, 2.45) is 0 Å². The van der Waals surface area contributed by atoms with Gasteiger partial charge in [0.05, 0.1) is 30.0 Å². The zero-order valence-corrected chi connectivity index (χ0v) is 16.4. The van der Waals surface area contributed by atoms with Crippen LogP contribution in [0.15, 0.2) is 72.8 Å². The molecule has 0 fully saturated rings. The van der Waals surface area contributed by atoms with Gasteiger partial charge in [0.15, 0.2) is 0 Å². The average Bonchev–Trinajstić information content (AvgIpc) is 3.01. The molecule has 0 atom stereocenters. The average molecular weight is 400 g/mol. The Hall–Kier alpha value is -3.93. The normalized spacial score (nSPS) is 12.6. The van der Waals surface area contributed by atoms with Gasteiger partial charge in [0.25, 0.3) is 17.7 Å². The summed E-state index contributed by atoms with van der Waals surface area (Å²) >= 11 is 0. The lowest BCUT2D eigenvalue weighted by Gasteiger charge is -2.15. The molecule has 0 saturated carbocycles. The summed E-state index contributed by atoms with van der Waals surface area (Å²) in [6.45, 7) is 2.47. The number of benzene rings is 3. The highest BCUT2D eigenvalue weighted by Gasteiger charge is 2.34. The minimum atomic E-state index is -0.323. The summed E-state index contributed by atoms with van der Waals surface area (Å²) in [7, 11) is 0. The first kappa shape index (κ1) is 19.4. The van der Waals surface area contributed by atoms with Gasteiger partial charge in [-0.1, -0.05) is 36.4 Å². The summed E-state index contributed by atoms with van der Waals surface area (Å²) in [5.74, 6) is -0.353. The Morgan fingerprint density at radius 3 is 2.27 bits per heavy atom. The van der Waals surface area contributed by atoms with Gasteiger partial charge in [0.1, 0.15) is 5.75 Å². The number of carbonyl (C=O) groups is 3. The highest BCUT2D eigenvalue weighted by molar-refractivity contribution is 6.21. The van der Waals surface area contributed by atoms with Crippen molar-refractivity contribution in [2.45, 2.75) is 13.5 Å². The van der Waals surface area contributed by atoms with Gasteiger partial charge in [-0.05, 0) is 48.9 Å². The molecule has 0 aromatic heterocycles. The van der Waals surface area contributed by atoms with Crippen LogP contribution >= 0.6 is 0 Å². The van der Waals surface area contributed by atoms with Gasteiger partial charge < -0.3 is 10.1 Å². The molecule has 1 aliphatic heterocycles. The Morgan fingerprint density at radius 2 is 1.57 bits per heavy atom. The number of anilines is 1. The SMILES string of the molecule is CCOc1ccccc1NC(=O)c1cccc(CN2C(=O)c3ccccc3C2=O)c1. The number of nitrogens with one attached hydrogen (secondary N) is 1. The Labute approximate surface area is 174 Å². The molecule has 0 unspecified atom stereocenters. The molecule has 1 heterocycles. The Bertz CT molecular complexity index is 1100. The molecule has 3 aromatic carbocycles. The van der Waals surface area contributed by atoms with Crippen molar-refractivity contribution < 1.29 is 19.1 Å². The molecule has 3 amide bonds. The van der Waals surface area contributed by atoms with Gasteiger partial charge in [-0.2, -0.15) is 0 Å². The van der Waals surface area contributed by atoms with E-state index in [2.05, 4.69) is 5.32 Å². The molecule has 0 bridgehead atoms. The number of amides is 3. The fraction of sp³-hybridized carbons (Fsp3) is 0.125. The van der Waals surface area contributed by atoms with Crippen LogP contribution < -0.4 is 10.1 Å². The molecule has 1 N–H and O–H groups in total. The number of para-hydroxylation sites is 2. The van der Waals surface area contributed by atoms with Gasteiger partial charge >= 0.3 is 0 Å². The monoisotopic (exact) mass is 400 g/mol. The number of hydrogen-bond acceptors (Lipinski definition) is 4. The highest BCUT2D eigenvalue weighted by atomic mass is 16.5. The fourth-order valence-electron chi connectivity index (χ4n) is 3.42. The minimum absolute atomic E-state index is 0.100. The van der Waals surface area contributed by atoms with Crippen molar-refractivity contribution in [1.82, 2.24) is 4.90 Å². The van der Waals surface area contributed by atoms with E-state index in [9.17, 15) is 14.4 Å². The molecule has 1 aliphatic rings. The maximum absolute atomic E-state index is 12.8. The van der Waals surface area contributed by atoms with Crippen molar-refractivity contribution >= 4 is 23.4 Å². The number of fused-ring (bicyclic) bond motifs is 1. The summed E-state index contributed by atoms with van der Waals surface area (Å²) in [6.07, 6.45) is 0. The number of nitrogens with zero attached hydrogens (tertiary/aromatic N) is 1. The van der Waals surface area contributed by atoms with Crippen LogP contribution in [0, 0.1) is 0 Å². The molecule has 30 heavy (non-hydrogen) atoms. The molecule has 6 heteroatoms. The van der Waals surface area contributed by atoms with Crippen LogP contribution in [-0.4, -0.2) is 29.2 Å². The molecular weight excluding hydrogens is 380 g/mol. The van der Waals surface area contributed by atoms with E-state index < -0.39 is 0 Å². The lowest BCUT2D eigenvalue weighted by molar-refractivity contribution is 0.0642. The number of hydrogen-bond donors (Lipinski definition) is 1. The lowest BCUT2D eigenvalue weighted by Crippen LogP contribution is -2.29. The second kappa shape index (κ2) is 8.21. The lowest BCUT2D eigenvalue weighted by atomic mass is 10.1. The third-order valence-electron chi connectivity index (χ3n) is 4.84. The second-order valence-corrected chi connectivity index (χ2v) is 6.83. The predicted octanol–water partition coefficient (Wildman–Crippen LogP) is 4.13. The molecule has 150 valence electrons. The Morgan fingerprint density at radius 1 is 0.900 bits per heavy atom. The summed E-state index contributed by atoms with van der Waals surface area (Å²) in [5, 5.41) is 2.85. The number of rotatable bonds is 6. The van der Waals surface area contributed by atoms with E-state index in [1.54, 1.807) is 60.7 Å². The maximum atomic E-state index is 12.8. The van der Waals surface area contributed by atoms with E-state index in [0.29, 0.717) is 40.3 Å². The van der Waals surface area contributed by atoms with Gasteiger partial charge in [-0.25, -0.2) is 0 Å². The van der Waals surface area contributed by atoms with Crippen LogP contribution in [-0.2, 0) is 6.54 Å². The third kappa shape index (κ3) is 3.67. The largest absolute Gasteiger partial charge is 0.492 e. The molecule has 0 aliphatic carbocycles. The minimum Gasteiger partial charge on any atom is -0.492 e. The summed E-state index contributed by atoms with van der Waals surface area (Å²) in [4.78, 5) is 39.1. The smallest absolute Gasteiger partial charge is 0.261 e. The number of ether oxygens (including phenoxy) is 1. The first-order chi connectivity index (χ1) is 14.6. The molecule has 6 nitrogen and oxygen atoms in total. The molecule has 0 saturated heterocycles. The summed E-state index contributed by atoms with van der Waals surface area (Å²) < 4.78 is 5.54. The van der Waals surface area contributed by atoms with Crippen LogP contribution in [0.25, 0.3) is 0 Å². The Kier molecular flexibility index (Phi) is 5.30. The van der Waals surface area contributed by atoms with Gasteiger partial charge in [-0.3, -0.25) is 19.3 Å². The molecule has 0 spiro atoms. The highest BCUT2D eigenvalue weighted by Crippen LogP contribution is 2.26. The summed E-state index contributed by atoms with van der Waals surface area (Å²) in [5.41, 5.74) is 2.51. The quantitative estimate of drug-likeness (QED) is 0.631. The molecule has 3 aromatic rings. The van der Waals surface area contributed by atoms with Crippen molar-refractivity contribution in [3.05, 3.63) is 95.1 Å². The zero-order valence-electron chi connectivity index (χ0n) is 16.4. The van der Waals surface area contributed by atoms with Gasteiger partial charge in [0, 0.05) is 5.56 Å². The van der Waals surface area contributed by atoms with Crippen molar-refractivity contribution in [1.29, 1.82) is 0 Å². The Balaban J connectivity index is 1.52. The van der Waals surface area contributed by atoms with Crippen LogP contribution in [0.4, 0.5) is 5.69 Å². The topological polar surface area (TPSA) is 75.7 Å². The van der Waals surface area contributed by atoms with Crippen molar-refractivity contribution in [2.75, 3.05) is 11.9 Å². The van der Waals surface area contributed by atoms with E-state index in [4.69, 9.17) is 4.74 Å². The second-order valence-electron chi connectivity index (χ2n) is 6.83. The molecular formula is C24H20N2O4. The maximum Gasteiger partial charge on any atom is 0.261 e. The molecule has 4 rings (SSSR count). The van der Waals surface area contributed by atoms with Crippen LogP contribution in [0.3, 0.4) is 0 Å². The van der Waals surface area contributed by atoms with E-state index in [-0.39, 0.29) is 24.3 Å². The van der Waals surface area contributed by atoms with Gasteiger partial charge in [0.2, 0.25) is 0 Å². The van der Waals surface area contributed by atoms with E-state index in [0.717, 1.165) is 0 Å². The van der Waals surface area contributed by atoms with Crippen LogP contribution in [0.2, 0.25) is 0 Å². The third-order valence-corrected chi connectivity index (χ3v) is 4.84. The first-order valence-electron chi connectivity index (χ1n) is 9.66. The van der Waals surface area contributed by atoms with Crippen LogP contribution in [0.1, 0.15) is 43.6 Å². The van der Waals surface area contributed by atoms with Gasteiger partial charge in [-0.15, -0.1) is 0 Å². The predicted molar refractivity (Wildman–Crippen MR) is 113 cm³/mol. The van der Waals surface area contributed by atoms with E-state index in [1.807, 2.05) is 19.1 Å². The summed E-state index contributed by atoms with van der Waals surface area (Å²) in [6, 6.07) is 20.9. The van der Waals surface area contributed by atoms with Crippen molar-refractivity contribution in [3.8, 4) is 5.75 Å². The molecule has 0 radical (unpaired) electrons. The fourth-order valence-corrected chi connectivity index (χ4v) is 3.42. The number of imide groups is 1. The zero-order chi connectivity index (χ0) is 21.1. The first-order valence-corrected chi connectivity index (χ1v) is 9.66. The van der Waals surface area contributed by atoms with E-state index >= 15 is 0 Å². The van der Waals surface area contributed by atoms with Crippen molar-refractivity contribution in [3.63, 3.8) is 0 Å². The van der Waals surface area contributed by atoms with E-state index in [1.165, 1.54) is 4.90 Å². The van der Waals surface area contributed by atoms with Crippen LogP contribution in [0.5, 0.6) is 5.75 Å². The standard InChI is InChI=1S/C24H20N2O4/c1-2-30-21-13-6-5-12-20(21)25-22(27)17-9-7-8-16(14-17)15-26-23(28)18-10-3-4-11-19(18)24(26)29/h3-14H,2,15H2,1H3,(H,25,27).